The first-order valence-corrected chi connectivity index (χ1v) is 7.76. The Morgan fingerprint density at radius 2 is 1.95 bits per heavy atom. The van der Waals surface area contributed by atoms with Gasteiger partial charge in [-0.15, -0.1) is 0 Å². The lowest BCUT2D eigenvalue weighted by atomic mass is 10.0. The number of aromatic amines is 1. The van der Waals surface area contributed by atoms with Crippen molar-refractivity contribution in [3.05, 3.63) is 65.4 Å². The number of carbonyl (C=O) groups excluding carboxylic acids is 1. The third-order valence-corrected chi connectivity index (χ3v) is 4.36. The van der Waals surface area contributed by atoms with E-state index in [0.29, 0.717) is 6.42 Å². The molecule has 2 aromatic carbocycles. The van der Waals surface area contributed by atoms with Gasteiger partial charge in [0.05, 0.1) is 6.42 Å². The highest BCUT2D eigenvalue weighted by Gasteiger charge is 2.12. The Bertz CT molecular complexity index is 848. The van der Waals surface area contributed by atoms with Crippen LogP contribution in [0, 0.1) is 0 Å². The van der Waals surface area contributed by atoms with Gasteiger partial charge in [-0.05, 0) is 60.2 Å². The number of hydrogen-bond acceptors (Lipinski definition) is 1. The summed E-state index contributed by atoms with van der Waals surface area (Å²) in [5, 5.41) is 4.09. The highest BCUT2D eigenvalue weighted by molar-refractivity contribution is 5.94. The highest BCUT2D eigenvalue weighted by Crippen LogP contribution is 2.23. The molecular weight excluding hydrogens is 272 g/mol. The van der Waals surface area contributed by atoms with Crippen molar-refractivity contribution in [2.24, 2.45) is 0 Å². The van der Waals surface area contributed by atoms with Crippen LogP contribution in [0.3, 0.4) is 0 Å². The Hall–Kier alpha value is -2.55. The van der Waals surface area contributed by atoms with Crippen LogP contribution in [0.2, 0.25) is 0 Å². The van der Waals surface area contributed by atoms with Gasteiger partial charge in [0, 0.05) is 22.8 Å². The standard InChI is InChI=1S/C19H18N2O/c22-19(11-13-4-5-14-2-1-3-15(14)10-13)21-17-6-7-18-16(12-17)8-9-20-18/h4-10,12,20H,1-3,11H2,(H,21,22). The SMILES string of the molecule is O=C(Cc1ccc2c(c1)CCC2)Nc1ccc2[nH]ccc2c1. The molecule has 22 heavy (non-hydrogen) atoms. The number of aromatic nitrogens is 1. The zero-order valence-corrected chi connectivity index (χ0v) is 12.4. The third kappa shape index (κ3) is 2.50. The number of amides is 1. The normalized spacial score (nSPS) is 13.3. The molecule has 0 spiro atoms. The van der Waals surface area contributed by atoms with Crippen LogP contribution < -0.4 is 5.32 Å². The molecule has 0 atom stereocenters. The van der Waals surface area contributed by atoms with E-state index in [1.807, 2.05) is 30.5 Å². The zero-order chi connectivity index (χ0) is 14.9. The monoisotopic (exact) mass is 290 g/mol. The number of benzene rings is 2. The molecule has 1 aliphatic rings. The van der Waals surface area contributed by atoms with Gasteiger partial charge in [0.2, 0.25) is 5.91 Å². The quantitative estimate of drug-likeness (QED) is 0.756. The molecule has 0 unspecified atom stereocenters. The number of anilines is 1. The van der Waals surface area contributed by atoms with Gasteiger partial charge < -0.3 is 10.3 Å². The van der Waals surface area contributed by atoms with E-state index in [4.69, 9.17) is 0 Å². The molecule has 1 heterocycles. The molecule has 2 N–H and O–H groups in total. The van der Waals surface area contributed by atoms with Crippen molar-refractivity contribution in [3.8, 4) is 0 Å². The fourth-order valence-electron chi connectivity index (χ4n) is 3.26. The van der Waals surface area contributed by atoms with Crippen LogP contribution >= 0.6 is 0 Å². The first-order valence-electron chi connectivity index (χ1n) is 7.76. The van der Waals surface area contributed by atoms with Gasteiger partial charge in [-0.3, -0.25) is 4.79 Å². The average molecular weight is 290 g/mol. The lowest BCUT2D eigenvalue weighted by Gasteiger charge is -2.07. The van der Waals surface area contributed by atoms with Crippen molar-refractivity contribution in [1.29, 1.82) is 0 Å². The number of rotatable bonds is 3. The van der Waals surface area contributed by atoms with Crippen LogP contribution in [0.5, 0.6) is 0 Å². The molecule has 1 aromatic heterocycles. The van der Waals surface area contributed by atoms with E-state index >= 15 is 0 Å². The molecule has 1 aliphatic carbocycles. The predicted molar refractivity (Wildman–Crippen MR) is 89.1 cm³/mol. The summed E-state index contributed by atoms with van der Waals surface area (Å²) in [6.07, 6.45) is 5.90. The Labute approximate surface area is 129 Å². The number of hydrogen-bond donors (Lipinski definition) is 2. The van der Waals surface area contributed by atoms with Crippen molar-refractivity contribution in [3.63, 3.8) is 0 Å². The molecule has 0 aliphatic heterocycles. The maximum absolute atomic E-state index is 12.2. The van der Waals surface area contributed by atoms with E-state index < -0.39 is 0 Å². The fourth-order valence-corrected chi connectivity index (χ4v) is 3.26. The predicted octanol–water partition coefficient (Wildman–Crippen LogP) is 3.84. The molecule has 3 heteroatoms. The van der Waals surface area contributed by atoms with E-state index in [1.54, 1.807) is 0 Å². The molecule has 0 saturated heterocycles. The first kappa shape index (κ1) is 13.1. The summed E-state index contributed by atoms with van der Waals surface area (Å²) in [6, 6.07) is 14.4. The summed E-state index contributed by atoms with van der Waals surface area (Å²) in [5.41, 5.74) is 5.89. The zero-order valence-electron chi connectivity index (χ0n) is 12.4. The summed E-state index contributed by atoms with van der Waals surface area (Å²) < 4.78 is 0. The molecule has 1 amide bonds. The van der Waals surface area contributed by atoms with Crippen molar-refractivity contribution >= 4 is 22.5 Å². The number of carbonyl (C=O) groups is 1. The van der Waals surface area contributed by atoms with Crippen LogP contribution in [0.25, 0.3) is 10.9 Å². The van der Waals surface area contributed by atoms with Crippen LogP contribution in [-0.4, -0.2) is 10.9 Å². The molecule has 110 valence electrons. The van der Waals surface area contributed by atoms with Gasteiger partial charge in [-0.2, -0.15) is 0 Å². The van der Waals surface area contributed by atoms with Crippen LogP contribution in [0.4, 0.5) is 5.69 Å². The third-order valence-electron chi connectivity index (χ3n) is 4.36. The van der Waals surface area contributed by atoms with Crippen molar-refractivity contribution in [2.45, 2.75) is 25.7 Å². The minimum atomic E-state index is 0.0350. The van der Waals surface area contributed by atoms with Gasteiger partial charge >= 0.3 is 0 Å². The number of fused-ring (bicyclic) bond motifs is 2. The molecular formula is C19H18N2O. The Balaban J connectivity index is 1.47. The molecule has 0 radical (unpaired) electrons. The van der Waals surface area contributed by atoms with Crippen LogP contribution in [0.1, 0.15) is 23.1 Å². The van der Waals surface area contributed by atoms with E-state index in [0.717, 1.165) is 28.6 Å². The summed E-state index contributed by atoms with van der Waals surface area (Å²) in [4.78, 5) is 15.4. The second kappa shape index (κ2) is 5.34. The molecule has 3 nitrogen and oxygen atoms in total. The van der Waals surface area contributed by atoms with Gasteiger partial charge in [-0.1, -0.05) is 18.2 Å². The maximum Gasteiger partial charge on any atom is 0.228 e. The summed E-state index contributed by atoms with van der Waals surface area (Å²) in [5.74, 6) is 0.0350. The number of H-pyrrole nitrogens is 1. The van der Waals surface area contributed by atoms with Crippen molar-refractivity contribution in [2.75, 3.05) is 5.32 Å². The lowest BCUT2D eigenvalue weighted by Crippen LogP contribution is -2.14. The average Bonchev–Trinajstić information content (AvgIpc) is 3.14. The van der Waals surface area contributed by atoms with Gasteiger partial charge in [0.25, 0.3) is 0 Å². The van der Waals surface area contributed by atoms with E-state index in [2.05, 4.69) is 28.5 Å². The fraction of sp³-hybridized carbons (Fsp3) is 0.211. The van der Waals surface area contributed by atoms with E-state index in [9.17, 15) is 4.79 Å². The summed E-state index contributed by atoms with van der Waals surface area (Å²) in [7, 11) is 0. The lowest BCUT2D eigenvalue weighted by molar-refractivity contribution is -0.115. The number of aryl methyl sites for hydroxylation is 2. The Morgan fingerprint density at radius 3 is 2.91 bits per heavy atom. The van der Waals surface area contributed by atoms with Crippen molar-refractivity contribution < 1.29 is 4.79 Å². The Morgan fingerprint density at radius 1 is 1.05 bits per heavy atom. The van der Waals surface area contributed by atoms with E-state index in [-0.39, 0.29) is 5.91 Å². The van der Waals surface area contributed by atoms with Crippen LogP contribution in [-0.2, 0) is 24.1 Å². The minimum Gasteiger partial charge on any atom is -0.361 e. The van der Waals surface area contributed by atoms with E-state index in [1.165, 1.54) is 24.0 Å². The van der Waals surface area contributed by atoms with Crippen molar-refractivity contribution in [1.82, 2.24) is 4.98 Å². The number of nitrogens with one attached hydrogen (secondary N) is 2. The maximum atomic E-state index is 12.2. The molecule has 4 rings (SSSR count). The van der Waals surface area contributed by atoms with Gasteiger partial charge in [-0.25, -0.2) is 0 Å². The summed E-state index contributed by atoms with van der Waals surface area (Å²) in [6.45, 7) is 0. The minimum absolute atomic E-state index is 0.0350. The van der Waals surface area contributed by atoms with Gasteiger partial charge in [0.15, 0.2) is 0 Å². The van der Waals surface area contributed by atoms with Gasteiger partial charge in [0.1, 0.15) is 0 Å². The second-order valence-electron chi connectivity index (χ2n) is 5.96. The molecule has 3 aromatic rings. The highest BCUT2D eigenvalue weighted by atomic mass is 16.1. The topological polar surface area (TPSA) is 44.9 Å². The summed E-state index contributed by atoms with van der Waals surface area (Å²) >= 11 is 0. The largest absolute Gasteiger partial charge is 0.361 e. The molecule has 0 saturated carbocycles. The molecule has 0 bridgehead atoms. The Kier molecular flexibility index (Phi) is 3.19. The smallest absolute Gasteiger partial charge is 0.228 e. The second-order valence-corrected chi connectivity index (χ2v) is 5.96. The van der Waals surface area contributed by atoms with Crippen LogP contribution in [0.15, 0.2) is 48.7 Å². The molecule has 0 fully saturated rings. The first-order chi connectivity index (χ1) is 10.8.